The van der Waals surface area contributed by atoms with E-state index in [1.807, 2.05) is 11.8 Å². The summed E-state index contributed by atoms with van der Waals surface area (Å²) in [6.45, 7) is 2.13. The zero-order chi connectivity index (χ0) is 13.8. The zero-order valence-electron chi connectivity index (χ0n) is 10.8. The molecule has 1 aromatic rings. The maximum absolute atomic E-state index is 13.1. The quantitative estimate of drug-likeness (QED) is 0.919. The molecule has 1 heterocycles. The van der Waals surface area contributed by atoms with Gasteiger partial charge >= 0.3 is 0 Å². The van der Waals surface area contributed by atoms with Gasteiger partial charge in [0, 0.05) is 22.0 Å². The molecule has 1 aromatic carbocycles. The minimum Gasteiger partial charge on any atom is -0.392 e. The monoisotopic (exact) mass is 304 g/mol. The van der Waals surface area contributed by atoms with E-state index in [4.69, 9.17) is 0 Å². The molecular formula is C14H18F2OS2. The van der Waals surface area contributed by atoms with E-state index in [1.54, 1.807) is 17.8 Å². The summed E-state index contributed by atoms with van der Waals surface area (Å²) in [5.74, 6) is 0.479. The Kier molecular flexibility index (Phi) is 5.54. The number of halogens is 2. The summed E-state index contributed by atoms with van der Waals surface area (Å²) in [6, 6.07) is 3.85. The Morgan fingerprint density at radius 2 is 2.00 bits per heavy atom. The molecule has 0 amide bonds. The van der Waals surface area contributed by atoms with Gasteiger partial charge in [-0.2, -0.15) is 23.5 Å². The molecule has 0 spiro atoms. The first kappa shape index (κ1) is 15.1. The van der Waals surface area contributed by atoms with Crippen LogP contribution < -0.4 is 0 Å². The van der Waals surface area contributed by atoms with Crippen molar-refractivity contribution in [2.75, 3.05) is 11.5 Å². The third-order valence-corrected chi connectivity index (χ3v) is 6.70. The van der Waals surface area contributed by atoms with E-state index in [0.717, 1.165) is 24.0 Å². The fourth-order valence-corrected chi connectivity index (χ4v) is 5.47. The van der Waals surface area contributed by atoms with Gasteiger partial charge in [0.15, 0.2) is 11.6 Å². The highest BCUT2D eigenvalue weighted by atomic mass is 32.2. The third kappa shape index (κ3) is 3.86. The lowest BCUT2D eigenvalue weighted by molar-refractivity contribution is 0.169. The largest absolute Gasteiger partial charge is 0.392 e. The molecule has 5 heteroatoms. The SMILES string of the molecule is CCC1SCCSC1C(O)Cc1ccc(F)c(F)c1. The van der Waals surface area contributed by atoms with E-state index in [2.05, 4.69) is 6.92 Å². The Hall–Kier alpha value is -0.260. The number of thioether (sulfide) groups is 2. The number of rotatable bonds is 4. The standard InChI is InChI=1S/C14H18F2OS2/c1-2-13-14(19-6-5-18-13)12(17)8-9-3-4-10(15)11(16)7-9/h3-4,7,12-14,17H,2,5-6,8H2,1H3. The minimum absolute atomic E-state index is 0.178. The first-order chi connectivity index (χ1) is 9.11. The van der Waals surface area contributed by atoms with E-state index in [9.17, 15) is 13.9 Å². The smallest absolute Gasteiger partial charge is 0.159 e. The van der Waals surface area contributed by atoms with Crippen LogP contribution in [-0.2, 0) is 6.42 Å². The highest BCUT2D eigenvalue weighted by molar-refractivity contribution is 8.07. The van der Waals surface area contributed by atoms with Gasteiger partial charge in [0.25, 0.3) is 0 Å². The predicted octanol–water partition coefficient (Wildman–Crippen LogP) is 3.50. The molecule has 3 unspecified atom stereocenters. The van der Waals surface area contributed by atoms with Crippen molar-refractivity contribution in [1.82, 2.24) is 0 Å². The Morgan fingerprint density at radius 1 is 1.26 bits per heavy atom. The summed E-state index contributed by atoms with van der Waals surface area (Å²) in [7, 11) is 0. The molecule has 1 nitrogen and oxygen atoms in total. The molecule has 3 atom stereocenters. The summed E-state index contributed by atoms with van der Waals surface area (Å²) >= 11 is 3.69. The zero-order valence-corrected chi connectivity index (χ0v) is 12.4. The maximum atomic E-state index is 13.1. The van der Waals surface area contributed by atoms with Gasteiger partial charge in [-0.05, 0) is 30.5 Å². The molecule has 0 bridgehead atoms. The first-order valence-corrected chi connectivity index (χ1v) is 8.56. The number of aliphatic hydroxyl groups excluding tert-OH is 1. The van der Waals surface area contributed by atoms with E-state index >= 15 is 0 Å². The van der Waals surface area contributed by atoms with Gasteiger partial charge in [0.05, 0.1) is 6.10 Å². The van der Waals surface area contributed by atoms with Crippen molar-refractivity contribution in [3.8, 4) is 0 Å². The predicted molar refractivity (Wildman–Crippen MR) is 78.9 cm³/mol. The van der Waals surface area contributed by atoms with Gasteiger partial charge in [0.1, 0.15) is 0 Å². The van der Waals surface area contributed by atoms with Gasteiger partial charge < -0.3 is 5.11 Å². The summed E-state index contributed by atoms with van der Waals surface area (Å²) in [4.78, 5) is 0. The molecule has 0 aliphatic carbocycles. The van der Waals surface area contributed by atoms with Crippen LogP contribution in [0.4, 0.5) is 8.78 Å². The van der Waals surface area contributed by atoms with Crippen molar-refractivity contribution < 1.29 is 13.9 Å². The minimum atomic E-state index is -0.845. The van der Waals surface area contributed by atoms with E-state index in [0.29, 0.717) is 17.2 Å². The van der Waals surface area contributed by atoms with Crippen LogP contribution in [0.3, 0.4) is 0 Å². The number of benzene rings is 1. The summed E-state index contributed by atoms with van der Waals surface area (Å²) in [6.07, 6.45) is 0.899. The molecule has 0 radical (unpaired) electrons. The van der Waals surface area contributed by atoms with Gasteiger partial charge in [-0.3, -0.25) is 0 Å². The first-order valence-electron chi connectivity index (χ1n) is 6.47. The number of aliphatic hydroxyl groups is 1. The molecule has 1 aliphatic rings. The Bertz CT molecular complexity index is 428. The molecule has 1 aliphatic heterocycles. The fraction of sp³-hybridized carbons (Fsp3) is 0.571. The molecule has 2 rings (SSSR count). The second-order valence-corrected chi connectivity index (χ2v) is 7.31. The van der Waals surface area contributed by atoms with Crippen LogP contribution >= 0.6 is 23.5 Å². The van der Waals surface area contributed by atoms with Crippen LogP contribution in [0.15, 0.2) is 18.2 Å². The average Bonchev–Trinajstić information content (AvgIpc) is 2.43. The molecule has 1 fully saturated rings. The molecule has 106 valence electrons. The van der Waals surface area contributed by atoms with Crippen molar-refractivity contribution in [3.63, 3.8) is 0 Å². The fourth-order valence-electron chi connectivity index (χ4n) is 2.32. The summed E-state index contributed by atoms with van der Waals surface area (Å²) in [5.41, 5.74) is 0.650. The van der Waals surface area contributed by atoms with Crippen molar-refractivity contribution in [2.45, 2.75) is 36.4 Å². The molecule has 1 saturated heterocycles. The van der Waals surface area contributed by atoms with Crippen molar-refractivity contribution in [2.24, 2.45) is 0 Å². The van der Waals surface area contributed by atoms with Gasteiger partial charge in [-0.25, -0.2) is 8.78 Å². The summed E-state index contributed by atoms with van der Waals surface area (Å²) < 4.78 is 26.0. The van der Waals surface area contributed by atoms with Gasteiger partial charge in [0.2, 0.25) is 0 Å². The lowest BCUT2D eigenvalue weighted by Gasteiger charge is -2.33. The molecule has 1 N–H and O–H groups in total. The van der Waals surface area contributed by atoms with Gasteiger partial charge in [-0.15, -0.1) is 0 Å². The van der Waals surface area contributed by atoms with Crippen LogP contribution in [0.25, 0.3) is 0 Å². The Labute approximate surface area is 121 Å². The van der Waals surface area contributed by atoms with E-state index < -0.39 is 17.7 Å². The van der Waals surface area contributed by atoms with Crippen LogP contribution in [0.2, 0.25) is 0 Å². The molecular weight excluding hydrogens is 286 g/mol. The van der Waals surface area contributed by atoms with Crippen LogP contribution in [0.1, 0.15) is 18.9 Å². The lowest BCUT2D eigenvalue weighted by atomic mass is 10.0. The lowest BCUT2D eigenvalue weighted by Crippen LogP contribution is -2.37. The third-order valence-electron chi connectivity index (χ3n) is 3.30. The van der Waals surface area contributed by atoms with Crippen molar-refractivity contribution >= 4 is 23.5 Å². The van der Waals surface area contributed by atoms with E-state index in [-0.39, 0.29) is 5.25 Å². The number of hydrogen-bond donors (Lipinski definition) is 1. The highest BCUT2D eigenvalue weighted by Gasteiger charge is 2.31. The second kappa shape index (κ2) is 6.95. The van der Waals surface area contributed by atoms with Crippen LogP contribution in [0, 0.1) is 11.6 Å². The van der Waals surface area contributed by atoms with Crippen LogP contribution in [0.5, 0.6) is 0 Å². The van der Waals surface area contributed by atoms with Gasteiger partial charge in [-0.1, -0.05) is 13.0 Å². The second-order valence-electron chi connectivity index (χ2n) is 4.67. The summed E-state index contributed by atoms with van der Waals surface area (Å²) in [5, 5.41) is 11.0. The Morgan fingerprint density at radius 3 is 2.68 bits per heavy atom. The number of hydrogen-bond acceptors (Lipinski definition) is 3. The normalized spacial score (nSPS) is 25.3. The molecule has 0 aromatic heterocycles. The van der Waals surface area contributed by atoms with Crippen molar-refractivity contribution in [1.29, 1.82) is 0 Å². The van der Waals surface area contributed by atoms with E-state index in [1.165, 1.54) is 6.07 Å². The average molecular weight is 304 g/mol. The topological polar surface area (TPSA) is 20.2 Å². The molecule has 19 heavy (non-hydrogen) atoms. The maximum Gasteiger partial charge on any atom is 0.159 e. The van der Waals surface area contributed by atoms with Crippen molar-refractivity contribution in [3.05, 3.63) is 35.4 Å². The molecule has 0 saturated carbocycles. The van der Waals surface area contributed by atoms with Crippen LogP contribution in [-0.4, -0.2) is 33.2 Å². The Balaban J connectivity index is 2.02. The highest BCUT2D eigenvalue weighted by Crippen LogP contribution is 2.36.